The van der Waals surface area contributed by atoms with E-state index in [0.29, 0.717) is 19.0 Å². The third-order valence-electron chi connectivity index (χ3n) is 18.5. The summed E-state index contributed by atoms with van der Waals surface area (Å²) in [4.78, 5) is 175. The number of amides is 11. The maximum absolute atomic E-state index is 15.5. The zero-order valence-corrected chi connectivity index (χ0v) is 64.0. The molecule has 13 atom stereocenters. The fourth-order valence-corrected chi connectivity index (χ4v) is 13.5. The Morgan fingerprint density at radius 1 is 0.536 bits per heavy atom. The zero-order valence-electron chi connectivity index (χ0n) is 63.2. The lowest BCUT2D eigenvalue weighted by atomic mass is 9.91. The lowest BCUT2D eigenvalue weighted by Crippen LogP contribution is -2.64. The Morgan fingerprint density at radius 3 is 1.48 bits per heavy atom. The molecular formula is C70H126N12O14S. The first kappa shape index (κ1) is 87.2. The maximum Gasteiger partial charge on any atom is 0.246 e. The fourth-order valence-electron chi connectivity index (χ4n) is 12.4. The molecule has 2 aliphatic heterocycles. The number of morpholine rings is 1. The molecule has 0 spiro atoms. The van der Waals surface area contributed by atoms with E-state index in [9.17, 15) is 29.4 Å². The number of hydrogen-bond donors (Lipinski definition) is 6. The molecule has 26 nitrogen and oxygen atoms in total. The van der Waals surface area contributed by atoms with Gasteiger partial charge in [0, 0.05) is 74.6 Å². The van der Waals surface area contributed by atoms with Gasteiger partial charge in [-0.05, 0) is 121 Å². The minimum atomic E-state index is -1.66. The van der Waals surface area contributed by atoms with Crippen molar-refractivity contribution in [1.29, 1.82) is 0 Å². The number of rotatable bonds is 21. The van der Waals surface area contributed by atoms with E-state index < -0.39 is 161 Å². The standard InChI is InChI=1S/C70H126N12O14S/c1-25-27-29-46(13)58(83)57-62(87)73-49(26-2)64(89)79(22)54(40-97-35-28-30-82-31-33-96-34-32-82)67(92)78(21)53(39-70(16,17)95)61(86)74-55(44(9)10)68(93)75(18)50(36-41(3)4)60(85)71-47(14)59(84)72-48(15)63(88)76(19)51(37-42(5)6)65(90)77(20)52(38-43(7)8)66(91)80(23)56(45(11)12)69(94)81(57)24/h25,27,41-58,83,95H,26,28-40H2,1-24H3,(H,71,85)(H,72,84)(H,73,87)(H,74,86)/t46-,47+,48-,49+,50+,51+,52+,53+,54-,55+,56+,57+,58-/m1/s1. The summed E-state index contributed by atoms with van der Waals surface area (Å²) in [5, 5.41) is 34.9. The van der Waals surface area contributed by atoms with Crippen LogP contribution in [0, 0.1) is 35.5 Å². The average Bonchev–Trinajstić information content (AvgIpc) is 0.808. The molecule has 556 valence electrons. The molecule has 2 fully saturated rings. The van der Waals surface area contributed by atoms with E-state index in [-0.39, 0.29) is 62.0 Å². The molecule has 11 amide bonds. The molecule has 0 bridgehead atoms. The second-order valence-electron chi connectivity index (χ2n) is 29.6. The predicted octanol–water partition coefficient (Wildman–Crippen LogP) is 3.21. The van der Waals surface area contributed by atoms with Crippen molar-refractivity contribution in [3.8, 4) is 0 Å². The lowest BCUT2D eigenvalue weighted by Gasteiger charge is -2.41. The predicted molar refractivity (Wildman–Crippen MR) is 378 cm³/mol. The summed E-state index contributed by atoms with van der Waals surface area (Å²) in [7, 11) is 9.90. The molecule has 2 rings (SSSR count). The van der Waals surface area contributed by atoms with Crippen LogP contribution in [0.5, 0.6) is 0 Å². The minimum absolute atomic E-state index is 0.0197. The Bertz CT molecular complexity index is 2650. The van der Waals surface area contributed by atoms with Crippen molar-refractivity contribution in [3.63, 3.8) is 0 Å². The van der Waals surface area contributed by atoms with Crippen LogP contribution in [-0.4, -0.2) is 286 Å². The lowest BCUT2D eigenvalue weighted by molar-refractivity contribution is -0.157. The summed E-state index contributed by atoms with van der Waals surface area (Å²) < 4.78 is 5.54. The monoisotopic (exact) mass is 1390 g/mol. The van der Waals surface area contributed by atoms with Gasteiger partial charge in [0.15, 0.2) is 0 Å². The van der Waals surface area contributed by atoms with Crippen molar-refractivity contribution in [1.82, 2.24) is 60.5 Å². The minimum Gasteiger partial charge on any atom is -0.390 e. The highest BCUT2D eigenvalue weighted by molar-refractivity contribution is 7.99. The highest BCUT2D eigenvalue weighted by Crippen LogP contribution is 2.27. The Balaban J connectivity index is 3.11. The summed E-state index contributed by atoms with van der Waals surface area (Å²) >= 11 is 1.41. The van der Waals surface area contributed by atoms with Gasteiger partial charge in [-0.1, -0.05) is 95.2 Å². The van der Waals surface area contributed by atoms with E-state index in [0.717, 1.165) is 35.9 Å². The Labute approximate surface area is 584 Å². The van der Waals surface area contributed by atoms with Crippen LogP contribution < -0.4 is 21.3 Å². The van der Waals surface area contributed by atoms with Gasteiger partial charge in [-0.15, -0.1) is 0 Å². The molecule has 0 unspecified atom stereocenters. The molecule has 6 N–H and O–H groups in total. The first-order valence-corrected chi connectivity index (χ1v) is 36.1. The first-order chi connectivity index (χ1) is 45.0. The first-order valence-electron chi connectivity index (χ1n) is 35.0. The van der Waals surface area contributed by atoms with Crippen molar-refractivity contribution in [2.24, 2.45) is 35.5 Å². The average molecular weight is 1390 g/mol. The summed E-state index contributed by atoms with van der Waals surface area (Å²) in [6.45, 7) is 32.5. The molecule has 0 saturated carbocycles. The van der Waals surface area contributed by atoms with Crippen LogP contribution in [-0.2, 0) is 57.5 Å². The van der Waals surface area contributed by atoms with E-state index >= 15 is 33.6 Å². The second-order valence-corrected chi connectivity index (χ2v) is 30.7. The second kappa shape index (κ2) is 40.4. The molecule has 0 aromatic carbocycles. The van der Waals surface area contributed by atoms with Crippen molar-refractivity contribution >= 4 is 76.7 Å². The molecular weight excluding hydrogens is 1260 g/mol. The summed E-state index contributed by atoms with van der Waals surface area (Å²) in [5.74, 6) is -9.69. The van der Waals surface area contributed by atoms with Crippen molar-refractivity contribution in [3.05, 3.63) is 12.2 Å². The highest BCUT2D eigenvalue weighted by atomic mass is 32.2. The number of ether oxygens (including phenoxy) is 1. The number of aliphatic hydroxyl groups is 2. The SMILES string of the molecule is CC=CC[C@@H](C)[C@@H](O)[C@H]1C(=O)N[C@@H](CC)C(=O)N(C)[C@H](CSCCCN2CCOCC2)C(=O)N(C)[C@@H](CC(C)(C)O)C(=O)N[C@@H](C(C)C)C(=O)N(C)[C@@H](CC(C)C)C(=O)N[C@@H](C)C(=O)N[C@H](C)C(=O)N(C)[C@@H](CC(C)C)C(=O)N(C)[C@@H](CC(C)C)C(=O)N(C)[C@@H](C(C)C)C(=O)N1C. The van der Waals surface area contributed by atoms with Gasteiger partial charge in [0.05, 0.1) is 24.9 Å². The van der Waals surface area contributed by atoms with E-state index in [2.05, 4.69) is 26.2 Å². The van der Waals surface area contributed by atoms with Crippen LogP contribution in [0.4, 0.5) is 0 Å². The van der Waals surface area contributed by atoms with Gasteiger partial charge in [0.1, 0.15) is 66.5 Å². The van der Waals surface area contributed by atoms with Crippen LogP contribution in [0.15, 0.2) is 12.2 Å². The third kappa shape index (κ3) is 25.7. The molecule has 27 heteroatoms. The molecule has 2 aliphatic rings. The molecule has 0 aromatic heterocycles. The molecule has 0 aliphatic carbocycles. The van der Waals surface area contributed by atoms with Gasteiger partial charge in [-0.25, -0.2) is 0 Å². The topological polar surface area (TPSA) is 312 Å². The van der Waals surface area contributed by atoms with E-state index in [1.165, 1.54) is 113 Å². The van der Waals surface area contributed by atoms with Crippen LogP contribution in [0.3, 0.4) is 0 Å². The maximum atomic E-state index is 15.5. The van der Waals surface area contributed by atoms with Crippen LogP contribution >= 0.6 is 11.8 Å². The summed E-state index contributed by atoms with van der Waals surface area (Å²) in [6, 6.07) is -14.4. The van der Waals surface area contributed by atoms with Gasteiger partial charge >= 0.3 is 0 Å². The Hall–Kier alpha value is -5.90. The van der Waals surface area contributed by atoms with E-state index in [4.69, 9.17) is 4.74 Å². The highest BCUT2D eigenvalue weighted by Gasteiger charge is 2.47. The largest absolute Gasteiger partial charge is 0.390 e. The van der Waals surface area contributed by atoms with E-state index in [1.807, 2.05) is 47.6 Å². The molecule has 2 saturated heterocycles. The number of hydrogen-bond acceptors (Lipinski definition) is 16. The van der Waals surface area contributed by atoms with Crippen LogP contribution in [0.25, 0.3) is 0 Å². The molecule has 2 heterocycles. The van der Waals surface area contributed by atoms with Crippen molar-refractivity contribution < 1.29 is 67.7 Å². The van der Waals surface area contributed by atoms with Crippen molar-refractivity contribution in [2.45, 2.75) is 241 Å². The smallest absolute Gasteiger partial charge is 0.246 e. The van der Waals surface area contributed by atoms with Gasteiger partial charge in [0.2, 0.25) is 65.0 Å². The van der Waals surface area contributed by atoms with Crippen LogP contribution in [0.1, 0.15) is 163 Å². The summed E-state index contributed by atoms with van der Waals surface area (Å²) in [6.07, 6.45) is 3.08. The fraction of sp³-hybridized carbons (Fsp3) is 0.814. The zero-order chi connectivity index (χ0) is 74.4. The van der Waals surface area contributed by atoms with Gasteiger partial charge < -0.3 is 70.5 Å². The normalized spacial score (nSPS) is 27.1. The number of nitrogens with zero attached hydrogens (tertiary/aromatic N) is 8. The van der Waals surface area contributed by atoms with Crippen LogP contribution in [0.2, 0.25) is 0 Å². The van der Waals surface area contributed by atoms with Gasteiger partial charge in [-0.2, -0.15) is 11.8 Å². The number of thioether (sulfide) groups is 1. The number of likely N-dealkylation sites (N-methyl/N-ethyl adjacent to an activating group) is 7. The third-order valence-corrected chi connectivity index (χ3v) is 19.7. The number of carbonyl (C=O) groups excluding carboxylic acids is 11. The quantitative estimate of drug-likeness (QED) is 0.0710. The Morgan fingerprint density at radius 2 is 0.990 bits per heavy atom. The van der Waals surface area contributed by atoms with Gasteiger partial charge in [-0.3, -0.25) is 57.6 Å². The molecule has 97 heavy (non-hydrogen) atoms. The molecule has 0 aromatic rings. The summed E-state index contributed by atoms with van der Waals surface area (Å²) in [5.41, 5.74) is -1.59. The number of aliphatic hydroxyl groups excluding tert-OH is 1. The van der Waals surface area contributed by atoms with E-state index in [1.54, 1.807) is 54.5 Å². The number of nitrogens with one attached hydrogen (secondary N) is 4. The van der Waals surface area contributed by atoms with Crippen molar-refractivity contribution in [2.75, 3.05) is 93.7 Å². The Kier molecular flexibility index (Phi) is 36.3. The molecule has 0 radical (unpaired) electrons. The number of carbonyl (C=O) groups is 11. The number of allylic oxidation sites excluding steroid dienone is 2. The van der Waals surface area contributed by atoms with Gasteiger partial charge in [0.25, 0.3) is 0 Å².